The number of halogens is 1. The Morgan fingerprint density at radius 1 is 1.21 bits per heavy atom. The lowest BCUT2D eigenvalue weighted by Crippen LogP contribution is -2.48. The molecule has 148 valence electrons. The molecule has 28 heavy (non-hydrogen) atoms. The van der Waals surface area contributed by atoms with Gasteiger partial charge in [0.2, 0.25) is 5.91 Å². The molecule has 1 amide bonds. The van der Waals surface area contributed by atoms with Gasteiger partial charge in [0.05, 0.1) is 18.7 Å². The minimum atomic E-state index is -0.0154. The topological polar surface area (TPSA) is 54.9 Å². The second-order valence-electron chi connectivity index (χ2n) is 6.32. The number of methoxy groups -OCH3 is 1. The van der Waals surface area contributed by atoms with Gasteiger partial charge in [-0.3, -0.25) is 9.78 Å². The van der Waals surface area contributed by atoms with Gasteiger partial charge in [0, 0.05) is 50.3 Å². The van der Waals surface area contributed by atoms with Gasteiger partial charge in [-0.1, -0.05) is 11.6 Å². The predicted molar refractivity (Wildman–Crippen MR) is 111 cm³/mol. The smallest absolute Gasteiger partial charge is 0.246 e. The molecule has 1 aliphatic rings. The number of amides is 1. The van der Waals surface area contributed by atoms with E-state index in [1.54, 1.807) is 37.7 Å². The van der Waals surface area contributed by atoms with E-state index in [0.29, 0.717) is 36.2 Å². The molecule has 1 saturated heterocycles. The summed E-state index contributed by atoms with van der Waals surface area (Å²) in [5, 5.41) is 0.458. The van der Waals surface area contributed by atoms with E-state index in [9.17, 15) is 4.79 Å². The average molecular weight is 402 g/mol. The molecule has 3 rings (SSSR count). The number of carbonyl (C=O) groups is 1. The second-order valence-corrected chi connectivity index (χ2v) is 6.73. The lowest BCUT2D eigenvalue weighted by Gasteiger charge is -2.35. The van der Waals surface area contributed by atoms with Crippen molar-refractivity contribution in [1.82, 2.24) is 9.88 Å². The lowest BCUT2D eigenvalue weighted by atomic mass is 10.1. The standard InChI is InChI=1S/C21H24ClN3O3/c1-3-28-21-18(22)14-16(15-19(21)27-2)4-5-20(26)25-12-10-24(11-13-25)17-6-8-23-9-7-17/h4-9,14-15H,3,10-13H2,1-2H3/b5-4+. The van der Waals surface area contributed by atoms with Gasteiger partial charge in [-0.2, -0.15) is 0 Å². The van der Waals surface area contributed by atoms with Crippen molar-refractivity contribution in [3.63, 3.8) is 0 Å². The first-order valence-corrected chi connectivity index (χ1v) is 9.62. The van der Waals surface area contributed by atoms with E-state index < -0.39 is 0 Å². The molecule has 2 aromatic rings. The van der Waals surface area contributed by atoms with E-state index in [1.807, 2.05) is 30.0 Å². The van der Waals surface area contributed by atoms with E-state index in [1.165, 1.54) is 0 Å². The molecular weight excluding hydrogens is 378 g/mol. The summed E-state index contributed by atoms with van der Waals surface area (Å²) in [4.78, 5) is 20.7. The number of aromatic nitrogens is 1. The number of rotatable bonds is 6. The third kappa shape index (κ3) is 4.75. The summed E-state index contributed by atoms with van der Waals surface area (Å²) in [6, 6.07) is 7.54. The first-order chi connectivity index (χ1) is 13.6. The van der Waals surface area contributed by atoms with Crippen LogP contribution >= 0.6 is 11.6 Å². The molecule has 0 N–H and O–H groups in total. The molecule has 6 nitrogen and oxygen atoms in total. The SMILES string of the molecule is CCOc1c(Cl)cc(/C=C/C(=O)N2CCN(c3ccncc3)CC2)cc1OC. The van der Waals surface area contributed by atoms with Crippen LogP contribution in [-0.2, 0) is 4.79 Å². The van der Waals surface area contributed by atoms with Gasteiger partial charge in [0.15, 0.2) is 11.5 Å². The summed E-state index contributed by atoms with van der Waals surface area (Å²) in [5.41, 5.74) is 1.92. The second kappa shape index (κ2) is 9.46. The van der Waals surface area contributed by atoms with Crippen LogP contribution in [0.15, 0.2) is 42.7 Å². The molecule has 0 bridgehead atoms. The van der Waals surface area contributed by atoms with E-state index >= 15 is 0 Å². The molecule has 1 aromatic heterocycles. The Labute approximate surface area is 170 Å². The molecule has 2 heterocycles. The maximum absolute atomic E-state index is 12.5. The van der Waals surface area contributed by atoms with Crippen LogP contribution < -0.4 is 14.4 Å². The molecule has 1 aliphatic heterocycles. The van der Waals surface area contributed by atoms with Crippen molar-refractivity contribution < 1.29 is 14.3 Å². The Balaban J connectivity index is 1.62. The summed E-state index contributed by atoms with van der Waals surface area (Å²) in [6.45, 7) is 5.34. The molecule has 0 atom stereocenters. The van der Waals surface area contributed by atoms with E-state index in [-0.39, 0.29) is 5.91 Å². The number of hydrogen-bond acceptors (Lipinski definition) is 5. The summed E-state index contributed by atoms with van der Waals surface area (Å²) >= 11 is 6.29. The largest absolute Gasteiger partial charge is 0.493 e. The summed E-state index contributed by atoms with van der Waals surface area (Å²) in [5.74, 6) is 1.05. The number of carbonyl (C=O) groups excluding carboxylic acids is 1. The number of piperazine rings is 1. The summed E-state index contributed by atoms with van der Waals surface area (Å²) in [7, 11) is 1.56. The van der Waals surface area contributed by atoms with Gasteiger partial charge < -0.3 is 19.3 Å². The molecule has 0 saturated carbocycles. The Morgan fingerprint density at radius 2 is 1.93 bits per heavy atom. The maximum Gasteiger partial charge on any atom is 0.246 e. The average Bonchev–Trinajstić information content (AvgIpc) is 2.74. The van der Waals surface area contributed by atoms with Crippen LogP contribution in [0, 0.1) is 0 Å². The van der Waals surface area contributed by atoms with E-state index in [0.717, 1.165) is 24.3 Å². The highest BCUT2D eigenvalue weighted by atomic mass is 35.5. The molecule has 7 heteroatoms. The third-order valence-electron chi connectivity index (χ3n) is 4.58. The molecule has 1 aromatic carbocycles. The van der Waals surface area contributed by atoms with Crippen molar-refractivity contribution in [3.8, 4) is 11.5 Å². The van der Waals surface area contributed by atoms with Crippen molar-refractivity contribution in [2.75, 3.05) is 44.8 Å². The Kier molecular flexibility index (Phi) is 6.76. The van der Waals surface area contributed by atoms with Crippen molar-refractivity contribution in [1.29, 1.82) is 0 Å². The molecule has 0 spiro atoms. The zero-order valence-corrected chi connectivity index (χ0v) is 16.9. The number of pyridine rings is 1. The van der Waals surface area contributed by atoms with Gasteiger partial charge in [0.1, 0.15) is 0 Å². The van der Waals surface area contributed by atoms with Gasteiger partial charge in [-0.25, -0.2) is 0 Å². The fraction of sp³-hybridized carbons (Fsp3) is 0.333. The number of nitrogens with zero attached hydrogens (tertiary/aromatic N) is 3. The number of hydrogen-bond donors (Lipinski definition) is 0. The molecule has 1 fully saturated rings. The Hall–Kier alpha value is -2.73. The fourth-order valence-electron chi connectivity index (χ4n) is 3.13. The van der Waals surface area contributed by atoms with Crippen LogP contribution in [-0.4, -0.2) is 55.7 Å². The number of anilines is 1. The minimum absolute atomic E-state index is 0.0154. The quantitative estimate of drug-likeness (QED) is 0.693. The molecule has 0 aliphatic carbocycles. The summed E-state index contributed by atoms with van der Waals surface area (Å²) in [6.07, 6.45) is 6.90. The van der Waals surface area contributed by atoms with Gasteiger partial charge >= 0.3 is 0 Å². The first kappa shape index (κ1) is 20.0. The predicted octanol–water partition coefficient (Wildman–Crippen LogP) is 3.50. The van der Waals surface area contributed by atoms with Gasteiger partial charge in [0.25, 0.3) is 0 Å². The summed E-state index contributed by atoms with van der Waals surface area (Å²) < 4.78 is 10.9. The van der Waals surface area contributed by atoms with E-state index in [2.05, 4.69) is 9.88 Å². The van der Waals surface area contributed by atoms with Crippen molar-refractivity contribution in [3.05, 3.63) is 53.3 Å². The number of ether oxygens (including phenoxy) is 2. The first-order valence-electron chi connectivity index (χ1n) is 9.24. The zero-order valence-electron chi connectivity index (χ0n) is 16.1. The van der Waals surface area contributed by atoms with Crippen molar-refractivity contribution in [2.45, 2.75) is 6.92 Å². The van der Waals surface area contributed by atoms with Crippen LogP contribution in [0.1, 0.15) is 12.5 Å². The van der Waals surface area contributed by atoms with Crippen LogP contribution in [0.25, 0.3) is 6.08 Å². The minimum Gasteiger partial charge on any atom is -0.493 e. The van der Waals surface area contributed by atoms with Crippen LogP contribution in [0.4, 0.5) is 5.69 Å². The van der Waals surface area contributed by atoms with Crippen LogP contribution in [0.2, 0.25) is 5.02 Å². The normalized spacial score (nSPS) is 14.4. The highest BCUT2D eigenvalue weighted by Crippen LogP contribution is 2.36. The van der Waals surface area contributed by atoms with Gasteiger partial charge in [-0.05, 0) is 42.8 Å². The van der Waals surface area contributed by atoms with Gasteiger partial charge in [-0.15, -0.1) is 0 Å². The third-order valence-corrected chi connectivity index (χ3v) is 4.86. The maximum atomic E-state index is 12.5. The highest BCUT2D eigenvalue weighted by molar-refractivity contribution is 6.32. The van der Waals surface area contributed by atoms with Crippen molar-refractivity contribution >= 4 is 29.3 Å². The fourth-order valence-corrected chi connectivity index (χ4v) is 3.41. The molecular formula is C21H24ClN3O3. The van der Waals surface area contributed by atoms with Crippen LogP contribution in [0.5, 0.6) is 11.5 Å². The van der Waals surface area contributed by atoms with Crippen molar-refractivity contribution in [2.24, 2.45) is 0 Å². The molecule has 0 unspecified atom stereocenters. The highest BCUT2D eigenvalue weighted by Gasteiger charge is 2.20. The number of benzene rings is 1. The Morgan fingerprint density at radius 3 is 2.57 bits per heavy atom. The van der Waals surface area contributed by atoms with Crippen LogP contribution in [0.3, 0.4) is 0 Å². The Bertz CT molecular complexity index is 834. The molecule has 0 radical (unpaired) electrons. The zero-order chi connectivity index (χ0) is 19.9. The monoisotopic (exact) mass is 401 g/mol. The lowest BCUT2D eigenvalue weighted by molar-refractivity contribution is -0.126. The van der Waals surface area contributed by atoms with E-state index in [4.69, 9.17) is 21.1 Å².